The number of carbonyl (C=O) groups excluding carboxylic acids is 3. The van der Waals surface area contributed by atoms with Gasteiger partial charge in [-0.1, -0.05) is 0 Å². The summed E-state index contributed by atoms with van der Waals surface area (Å²) in [5.74, 6) is -3.25. The standard InChI is InChI=1S/3C2H4O2.Al.4H2O/c3*1-2(3)4;;;;;/h3*1H3,(H,3,4);;4*1H2/q;;;+3;;;;/p-3. The minimum Gasteiger partial charge on any atom is -0.550 e. The molecule has 0 aliphatic rings. The first-order chi connectivity index (χ1) is 5.20. The molecule has 0 amide bonds. The summed E-state index contributed by atoms with van der Waals surface area (Å²) in [5, 5.41) is 26.7. The second-order valence-electron chi connectivity index (χ2n) is 1.47. The number of hydrogen-bond acceptors (Lipinski definition) is 6. The van der Waals surface area contributed by atoms with E-state index in [0.717, 1.165) is 20.8 Å². The molecule has 0 saturated heterocycles. The predicted molar refractivity (Wildman–Crippen MR) is 52.3 cm³/mol. The summed E-state index contributed by atoms with van der Waals surface area (Å²) in [6.45, 7) is 2.92. The molecule has 0 atom stereocenters. The molecule has 0 unspecified atom stereocenters. The summed E-state index contributed by atoms with van der Waals surface area (Å²) >= 11 is 0. The van der Waals surface area contributed by atoms with Crippen molar-refractivity contribution in [1.82, 2.24) is 0 Å². The Balaban J connectivity index is -0.0000000104. The van der Waals surface area contributed by atoms with Crippen LogP contribution in [0.15, 0.2) is 0 Å². The van der Waals surface area contributed by atoms with Gasteiger partial charge in [0.15, 0.2) is 0 Å². The van der Waals surface area contributed by atoms with Gasteiger partial charge in [-0.2, -0.15) is 0 Å². The summed E-state index contributed by atoms with van der Waals surface area (Å²) in [6, 6.07) is 0. The Morgan fingerprint density at radius 3 is 0.588 bits per heavy atom. The van der Waals surface area contributed by atoms with Gasteiger partial charge < -0.3 is 51.6 Å². The van der Waals surface area contributed by atoms with Gasteiger partial charge in [-0.25, -0.2) is 0 Å². The van der Waals surface area contributed by atoms with Crippen LogP contribution >= 0.6 is 0 Å². The first kappa shape index (κ1) is 56.9. The minimum atomic E-state index is -1.08. The van der Waals surface area contributed by atoms with E-state index in [0.29, 0.717) is 0 Å². The smallest absolute Gasteiger partial charge is 0.550 e. The van der Waals surface area contributed by atoms with Gasteiger partial charge in [0.1, 0.15) is 0 Å². The molecule has 10 nitrogen and oxygen atoms in total. The van der Waals surface area contributed by atoms with Crippen molar-refractivity contribution in [2.24, 2.45) is 0 Å². The van der Waals surface area contributed by atoms with Crippen LogP contribution in [0.5, 0.6) is 0 Å². The van der Waals surface area contributed by atoms with Crippen LogP contribution in [0.3, 0.4) is 0 Å². The third kappa shape index (κ3) is 1630. The van der Waals surface area contributed by atoms with E-state index in [1.165, 1.54) is 0 Å². The summed E-state index contributed by atoms with van der Waals surface area (Å²) in [7, 11) is 0. The van der Waals surface area contributed by atoms with E-state index in [9.17, 15) is 0 Å². The van der Waals surface area contributed by atoms with Crippen molar-refractivity contribution < 1.29 is 51.6 Å². The number of carboxylic acid groups (broad SMARTS) is 3. The van der Waals surface area contributed by atoms with Crippen LogP contribution in [0.25, 0.3) is 0 Å². The number of rotatable bonds is 0. The Kier molecular flexibility index (Phi) is 155. The Morgan fingerprint density at radius 1 is 0.588 bits per heavy atom. The van der Waals surface area contributed by atoms with Crippen molar-refractivity contribution in [1.29, 1.82) is 0 Å². The molecule has 0 aromatic rings. The second kappa shape index (κ2) is 46.4. The van der Waals surface area contributed by atoms with Gasteiger partial charge in [-0.05, 0) is 20.8 Å². The van der Waals surface area contributed by atoms with Crippen LogP contribution < -0.4 is 15.3 Å². The average Bonchev–Trinajstić information content (AvgIpc) is 1.54. The molecule has 0 saturated carbocycles. The maximum absolute atomic E-state index is 8.89. The maximum Gasteiger partial charge on any atom is 3.00 e. The average molecular weight is 276 g/mol. The van der Waals surface area contributed by atoms with Crippen molar-refractivity contribution in [2.75, 3.05) is 0 Å². The molecule has 0 rings (SSSR count). The summed E-state index contributed by atoms with van der Waals surface area (Å²) < 4.78 is 0. The first-order valence-corrected chi connectivity index (χ1v) is 2.72. The molecule has 11 heteroatoms. The molecule has 0 spiro atoms. The van der Waals surface area contributed by atoms with Crippen LogP contribution in [0.2, 0.25) is 0 Å². The monoisotopic (exact) mass is 276 g/mol. The molecule has 17 heavy (non-hydrogen) atoms. The number of hydrogen-bond donors (Lipinski definition) is 0. The van der Waals surface area contributed by atoms with Gasteiger partial charge in [-0.15, -0.1) is 0 Å². The molecule has 0 fully saturated rings. The maximum atomic E-state index is 8.89. The van der Waals surface area contributed by atoms with E-state index in [1.54, 1.807) is 0 Å². The predicted octanol–water partition coefficient (Wildman–Crippen LogP) is -7.41. The van der Waals surface area contributed by atoms with E-state index in [2.05, 4.69) is 0 Å². The van der Waals surface area contributed by atoms with Crippen molar-refractivity contribution in [3.8, 4) is 0 Å². The van der Waals surface area contributed by atoms with Crippen LogP contribution in [-0.4, -0.2) is 57.2 Å². The molecule has 0 aromatic carbocycles. The summed E-state index contributed by atoms with van der Waals surface area (Å²) in [4.78, 5) is 26.7. The van der Waals surface area contributed by atoms with Gasteiger partial charge >= 0.3 is 17.4 Å². The van der Waals surface area contributed by atoms with Gasteiger partial charge in [0, 0.05) is 17.9 Å². The molecule has 8 N–H and O–H groups in total. The molecule has 0 heterocycles. The SMILES string of the molecule is CC(=O)[O-].CC(=O)[O-].CC(=O)[O-].O.O.O.O.[Al+3]. The molecular weight excluding hydrogens is 259 g/mol. The fourth-order valence-electron chi connectivity index (χ4n) is 0. The first-order valence-electron chi connectivity index (χ1n) is 2.72. The van der Waals surface area contributed by atoms with Gasteiger partial charge in [0.05, 0.1) is 0 Å². The molecule has 0 aliphatic heterocycles. The van der Waals surface area contributed by atoms with Crippen molar-refractivity contribution in [3.05, 3.63) is 0 Å². The topological polar surface area (TPSA) is 246 Å². The zero-order valence-electron chi connectivity index (χ0n) is 9.53. The molecular formula is C6H17AlO10. The van der Waals surface area contributed by atoms with Crippen molar-refractivity contribution >= 4 is 35.3 Å². The number of carboxylic acids is 3. The van der Waals surface area contributed by atoms with Gasteiger partial charge in [0.25, 0.3) is 0 Å². The Morgan fingerprint density at radius 2 is 0.588 bits per heavy atom. The normalized spacial score (nSPS) is 4.41. The zero-order chi connectivity index (χ0) is 10.7. The van der Waals surface area contributed by atoms with Gasteiger partial charge in [-0.3, -0.25) is 0 Å². The number of aliphatic carboxylic acids is 3. The fraction of sp³-hybridized carbons (Fsp3) is 0.500. The largest absolute Gasteiger partial charge is 3.00 e. The zero-order valence-corrected chi connectivity index (χ0v) is 10.7. The van der Waals surface area contributed by atoms with Crippen LogP contribution in [0, 0.1) is 0 Å². The Hall–Kier alpha value is -1.22. The van der Waals surface area contributed by atoms with Crippen molar-refractivity contribution in [3.63, 3.8) is 0 Å². The fourth-order valence-corrected chi connectivity index (χ4v) is 0. The second-order valence-corrected chi connectivity index (χ2v) is 1.47. The third-order valence-corrected chi connectivity index (χ3v) is 0. The van der Waals surface area contributed by atoms with Crippen LogP contribution in [0.1, 0.15) is 20.8 Å². The van der Waals surface area contributed by atoms with Crippen LogP contribution in [-0.2, 0) is 14.4 Å². The number of carbonyl (C=O) groups is 3. The van der Waals surface area contributed by atoms with E-state index in [-0.39, 0.29) is 39.3 Å². The Labute approximate surface area is 108 Å². The van der Waals surface area contributed by atoms with E-state index < -0.39 is 17.9 Å². The molecule has 0 aromatic heterocycles. The molecule has 0 bridgehead atoms. The summed E-state index contributed by atoms with van der Waals surface area (Å²) in [5.41, 5.74) is 0. The molecule has 104 valence electrons. The van der Waals surface area contributed by atoms with E-state index in [4.69, 9.17) is 29.7 Å². The molecule has 0 aliphatic carbocycles. The third-order valence-electron chi connectivity index (χ3n) is 0. The van der Waals surface area contributed by atoms with Crippen LogP contribution in [0.4, 0.5) is 0 Å². The molecule has 0 radical (unpaired) electrons. The van der Waals surface area contributed by atoms with Gasteiger partial charge in [0.2, 0.25) is 0 Å². The summed E-state index contributed by atoms with van der Waals surface area (Å²) in [6.07, 6.45) is 0. The Bertz CT molecular complexity index is 118. The quantitative estimate of drug-likeness (QED) is 0.388. The van der Waals surface area contributed by atoms with E-state index >= 15 is 0 Å². The van der Waals surface area contributed by atoms with Crippen molar-refractivity contribution in [2.45, 2.75) is 20.8 Å². The van der Waals surface area contributed by atoms with E-state index in [1.807, 2.05) is 0 Å². The minimum absolute atomic E-state index is 0.